The van der Waals surface area contributed by atoms with Crippen LogP contribution < -0.4 is 0 Å². The van der Waals surface area contributed by atoms with Gasteiger partial charge in [0.15, 0.2) is 0 Å². The van der Waals surface area contributed by atoms with Gasteiger partial charge in [0.1, 0.15) is 0 Å². The highest BCUT2D eigenvalue weighted by atomic mass is 15.4. The summed E-state index contributed by atoms with van der Waals surface area (Å²) >= 11 is 0. The van der Waals surface area contributed by atoms with Gasteiger partial charge in [-0.3, -0.25) is 0 Å². The van der Waals surface area contributed by atoms with Crippen molar-refractivity contribution in [2.45, 2.75) is 20.8 Å². The van der Waals surface area contributed by atoms with E-state index in [0.717, 1.165) is 11.4 Å². The lowest BCUT2D eigenvalue weighted by Crippen LogP contribution is -2.11. The van der Waals surface area contributed by atoms with Crippen molar-refractivity contribution in [1.82, 2.24) is 5.01 Å². The van der Waals surface area contributed by atoms with Gasteiger partial charge in [0.2, 0.25) is 0 Å². The second-order valence-corrected chi connectivity index (χ2v) is 3.09. The fourth-order valence-corrected chi connectivity index (χ4v) is 0.974. The molecule has 1 aliphatic rings. The molecule has 2 heteroatoms. The molecule has 0 fully saturated rings. The highest BCUT2D eigenvalue weighted by Crippen LogP contribution is 2.15. The van der Waals surface area contributed by atoms with Gasteiger partial charge in [-0.1, -0.05) is 6.58 Å². The summed E-state index contributed by atoms with van der Waals surface area (Å²) in [5.41, 5.74) is 3.14. The zero-order chi connectivity index (χ0) is 9.14. The molecule has 64 valence electrons. The van der Waals surface area contributed by atoms with Crippen LogP contribution in [0.4, 0.5) is 0 Å². The number of nitrogens with zero attached hydrogens (tertiary/aromatic N) is 2. The van der Waals surface area contributed by atoms with E-state index in [2.05, 4.69) is 11.7 Å². The molecule has 1 aliphatic heterocycles. The van der Waals surface area contributed by atoms with Crippen LogP contribution in [0.15, 0.2) is 41.3 Å². The Kier molecular flexibility index (Phi) is 2.48. The Morgan fingerprint density at radius 2 is 2.17 bits per heavy atom. The summed E-state index contributed by atoms with van der Waals surface area (Å²) in [5, 5.41) is 6.05. The van der Waals surface area contributed by atoms with Gasteiger partial charge in [0.05, 0.1) is 5.70 Å². The van der Waals surface area contributed by atoms with Crippen LogP contribution in [0.5, 0.6) is 0 Å². The smallest absolute Gasteiger partial charge is 0.0576 e. The van der Waals surface area contributed by atoms with E-state index in [1.165, 1.54) is 5.57 Å². The molecular weight excluding hydrogens is 148 g/mol. The van der Waals surface area contributed by atoms with E-state index in [9.17, 15) is 0 Å². The normalized spacial score (nSPS) is 16.1. The standard InChI is InChI=1S/C10H14N2/c1-8(2)11-12-6-5-9(3)7-10(12)4/h5-7H,4H2,1-3H3. The summed E-state index contributed by atoms with van der Waals surface area (Å²) in [6.07, 6.45) is 5.94. The van der Waals surface area contributed by atoms with Crippen LogP contribution in [0.2, 0.25) is 0 Å². The Labute approximate surface area is 73.6 Å². The highest BCUT2D eigenvalue weighted by molar-refractivity contribution is 5.79. The SMILES string of the molecule is C=C1C=C(C)C=CN1N=C(C)C. The van der Waals surface area contributed by atoms with E-state index in [-0.39, 0.29) is 0 Å². The molecule has 0 aromatic rings. The quantitative estimate of drug-likeness (QED) is 0.541. The van der Waals surface area contributed by atoms with Gasteiger partial charge < -0.3 is 0 Å². The van der Waals surface area contributed by atoms with E-state index in [0.29, 0.717) is 0 Å². The predicted octanol–water partition coefficient (Wildman–Crippen LogP) is 2.67. The molecule has 0 saturated carbocycles. The lowest BCUT2D eigenvalue weighted by molar-refractivity contribution is 0.509. The van der Waals surface area contributed by atoms with Gasteiger partial charge in [-0.05, 0) is 38.5 Å². The molecular formula is C10H14N2. The molecule has 0 bridgehead atoms. The maximum absolute atomic E-state index is 4.27. The summed E-state index contributed by atoms with van der Waals surface area (Å²) in [6, 6.07) is 0. The average Bonchev–Trinajstić information content (AvgIpc) is 1.94. The maximum Gasteiger partial charge on any atom is 0.0576 e. The number of hydrazone groups is 1. The van der Waals surface area contributed by atoms with Crippen LogP contribution >= 0.6 is 0 Å². The van der Waals surface area contributed by atoms with Crippen molar-refractivity contribution in [3.8, 4) is 0 Å². The number of rotatable bonds is 1. The molecule has 1 heterocycles. The van der Waals surface area contributed by atoms with Gasteiger partial charge in [-0.2, -0.15) is 5.10 Å². The Balaban J connectivity index is 2.80. The van der Waals surface area contributed by atoms with Crippen LogP contribution in [-0.4, -0.2) is 10.7 Å². The summed E-state index contributed by atoms with van der Waals surface area (Å²) in [5.74, 6) is 0. The van der Waals surface area contributed by atoms with Crippen molar-refractivity contribution in [3.63, 3.8) is 0 Å². The van der Waals surface area contributed by atoms with Gasteiger partial charge in [0.25, 0.3) is 0 Å². The van der Waals surface area contributed by atoms with E-state index in [1.807, 2.05) is 39.1 Å². The van der Waals surface area contributed by atoms with Gasteiger partial charge >= 0.3 is 0 Å². The molecule has 0 N–H and O–H groups in total. The summed E-state index contributed by atoms with van der Waals surface area (Å²) < 4.78 is 0. The van der Waals surface area contributed by atoms with Gasteiger partial charge in [0, 0.05) is 11.9 Å². The first-order valence-corrected chi connectivity index (χ1v) is 3.96. The topological polar surface area (TPSA) is 15.6 Å². The van der Waals surface area contributed by atoms with Crippen molar-refractivity contribution in [3.05, 3.63) is 36.2 Å². The molecule has 2 nitrogen and oxygen atoms in total. The molecule has 12 heavy (non-hydrogen) atoms. The van der Waals surface area contributed by atoms with E-state index >= 15 is 0 Å². The molecule has 0 spiro atoms. The third-order valence-corrected chi connectivity index (χ3v) is 1.47. The molecule has 0 saturated heterocycles. The Bertz CT molecular complexity index is 278. The molecule has 0 atom stereocenters. The lowest BCUT2D eigenvalue weighted by atomic mass is 10.2. The molecule has 0 aliphatic carbocycles. The second kappa shape index (κ2) is 3.39. The molecule has 0 amide bonds. The first-order valence-electron chi connectivity index (χ1n) is 3.96. The average molecular weight is 162 g/mol. The van der Waals surface area contributed by atoms with Crippen molar-refractivity contribution < 1.29 is 0 Å². The molecule has 0 unspecified atom stereocenters. The van der Waals surface area contributed by atoms with Gasteiger partial charge in [-0.15, -0.1) is 0 Å². The zero-order valence-electron chi connectivity index (χ0n) is 7.83. The predicted molar refractivity (Wildman–Crippen MR) is 52.7 cm³/mol. The largest absolute Gasteiger partial charge is 0.242 e. The summed E-state index contributed by atoms with van der Waals surface area (Å²) in [6.45, 7) is 9.86. The minimum Gasteiger partial charge on any atom is -0.242 e. The summed E-state index contributed by atoms with van der Waals surface area (Å²) in [7, 11) is 0. The maximum atomic E-state index is 4.27. The summed E-state index contributed by atoms with van der Waals surface area (Å²) in [4.78, 5) is 0. The van der Waals surface area contributed by atoms with Crippen LogP contribution in [-0.2, 0) is 0 Å². The zero-order valence-corrected chi connectivity index (χ0v) is 7.83. The van der Waals surface area contributed by atoms with Crippen molar-refractivity contribution in [2.24, 2.45) is 5.10 Å². The Morgan fingerprint density at radius 3 is 2.67 bits per heavy atom. The third kappa shape index (κ3) is 2.09. The number of hydrogen-bond donors (Lipinski definition) is 0. The highest BCUT2D eigenvalue weighted by Gasteiger charge is 2.03. The van der Waals surface area contributed by atoms with Crippen LogP contribution in [0, 0.1) is 0 Å². The van der Waals surface area contributed by atoms with Crippen LogP contribution in [0.3, 0.4) is 0 Å². The van der Waals surface area contributed by atoms with E-state index in [1.54, 1.807) is 5.01 Å². The van der Waals surface area contributed by atoms with Crippen molar-refractivity contribution in [2.75, 3.05) is 0 Å². The molecule has 0 aromatic carbocycles. The lowest BCUT2D eigenvalue weighted by Gasteiger charge is -2.18. The van der Waals surface area contributed by atoms with E-state index in [4.69, 9.17) is 0 Å². The van der Waals surface area contributed by atoms with Crippen LogP contribution in [0.1, 0.15) is 20.8 Å². The second-order valence-electron chi connectivity index (χ2n) is 3.09. The number of allylic oxidation sites excluding steroid dienone is 3. The molecule has 0 aromatic heterocycles. The molecule has 1 rings (SSSR count). The Hall–Kier alpha value is -1.31. The number of hydrogen-bond acceptors (Lipinski definition) is 2. The van der Waals surface area contributed by atoms with E-state index < -0.39 is 0 Å². The van der Waals surface area contributed by atoms with Gasteiger partial charge in [-0.25, -0.2) is 5.01 Å². The monoisotopic (exact) mass is 162 g/mol. The molecule has 0 radical (unpaired) electrons. The van der Waals surface area contributed by atoms with Crippen molar-refractivity contribution in [1.29, 1.82) is 0 Å². The fourth-order valence-electron chi connectivity index (χ4n) is 0.974. The van der Waals surface area contributed by atoms with Crippen LogP contribution in [0.25, 0.3) is 0 Å². The minimum absolute atomic E-state index is 0.913. The van der Waals surface area contributed by atoms with Crippen molar-refractivity contribution >= 4 is 5.71 Å². The fraction of sp³-hybridized carbons (Fsp3) is 0.300. The first-order chi connectivity index (χ1) is 5.59. The third-order valence-electron chi connectivity index (χ3n) is 1.47. The Morgan fingerprint density at radius 1 is 1.50 bits per heavy atom. The first kappa shape index (κ1) is 8.78. The minimum atomic E-state index is 0.913.